The molecule has 1 heterocycles. The molecule has 0 N–H and O–H groups in total. The second-order valence-corrected chi connectivity index (χ2v) is 19.9. The van der Waals surface area contributed by atoms with Crippen LogP contribution in [0.5, 0.6) is 0 Å². The fourth-order valence-corrected chi connectivity index (χ4v) is 7.12. The van der Waals surface area contributed by atoms with Crippen LogP contribution < -0.4 is 8.96 Å². The predicted octanol–water partition coefficient (Wildman–Crippen LogP) is 5.35. The normalized spacial score (nSPS) is 12.3. The first kappa shape index (κ1) is 20.2. The number of aromatic nitrogens is 1. The van der Waals surface area contributed by atoms with E-state index < -0.39 is 13.3 Å². The van der Waals surface area contributed by atoms with Gasteiger partial charge >= 0.3 is 158 Å². The van der Waals surface area contributed by atoms with Crippen molar-refractivity contribution in [1.29, 1.82) is 0 Å². The summed E-state index contributed by atoms with van der Waals surface area (Å²) in [6.07, 6.45) is 3.61. The van der Waals surface area contributed by atoms with Gasteiger partial charge in [-0.1, -0.05) is 0 Å². The van der Waals surface area contributed by atoms with E-state index in [1.54, 1.807) is 9.96 Å². The second kappa shape index (κ2) is 7.65. The Balaban J connectivity index is 2.69. The molecule has 0 aliphatic heterocycles. The first-order valence-electron chi connectivity index (χ1n) is 9.64. The number of hydrogen-bond acceptors (Lipinski definition) is 0. The summed E-state index contributed by atoms with van der Waals surface area (Å²) in [4.78, 5) is 0. The molecule has 0 aliphatic carbocycles. The SMILES string of the molecule is Cc1ccc(C(C)C)cc1-c1cc(CC(C)C)[c]([Ge]([CH3])([CH3])[CH3])c[n+]1C. The van der Waals surface area contributed by atoms with Crippen LogP contribution in [0.15, 0.2) is 30.5 Å². The molecule has 2 rings (SSSR count). The molecule has 0 saturated carbocycles. The molecular formula is C23H36GeN+. The zero-order valence-corrected chi connectivity index (χ0v) is 19.8. The monoisotopic (exact) mass is 400 g/mol. The second-order valence-electron chi connectivity index (χ2n) is 9.29. The zero-order valence-electron chi connectivity index (χ0n) is 17.7. The van der Waals surface area contributed by atoms with Crippen LogP contribution >= 0.6 is 0 Å². The fourth-order valence-electron chi connectivity index (χ4n) is 3.52. The van der Waals surface area contributed by atoms with E-state index in [9.17, 15) is 0 Å². The molecule has 1 aromatic carbocycles. The Morgan fingerprint density at radius 3 is 2.16 bits per heavy atom. The van der Waals surface area contributed by atoms with E-state index in [-0.39, 0.29) is 0 Å². The average Bonchev–Trinajstić information content (AvgIpc) is 2.47. The number of pyridine rings is 1. The van der Waals surface area contributed by atoms with Crippen molar-refractivity contribution in [2.75, 3.05) is 0 Å². The molecule has 2 aromatic rings. The Hall–Kier alpha value is -1.09. The van der Waals surface area contributed by atoms with E-state index in [1.165, 1.54) is 28.8 Å². The first-order valence-corrected chi connectivity index (χ1v) is 17.0. The molecule has 0 bridgehead atoms. The van der Waals surface area contributed by atoms with Gasteiger partial charge in [0.05, 0.1) is 0 Å². The fraction of sp³-hybridized carbons (Fsp3) is 0.522. The van der Waals surface area contributed by atoms with Gasteiger partial charge in [0.25, 0.3) is 0 Å². The Morgan fingerprint density at radius 2 is 1.64 bits per heavy atom. The third-order valence-corrected chi connectivity index (χ3v) is 9.34. The quantitative estimate of drug-likeness (QED) is 0.471. The average molecular weight is 399 g/mol. The Kier molecular flexibility index (Phi) is 6.19. The molecule has 0 fully saturated rings. The van der Waals surface area contributed by atoms with Crippen LogP contribution in [0.3, 0.4) is 0 Å². The van der Waals surface area contributed by atoms with Gasteiger partial charge in [0.1, 0.15) is 0 Å². The molecule has 0 saturated heterocycles. The van der Waals surface area contributed by atoms with Crippen LogP contribution in [0.2, 0.25) is 17.3 Å². The summed E-state index contributed by atoms with van der Waals surface area (Å²) in [5.74, 6) is 8.76. The summed E-state index contributed by atoms with van der Waals surface area (Å²) >= 11 is -1.90. The zero-order chi connectivity index (χ0) is 18.9. The van der Waals surface area contributed by atoms with Gasteiger partial charge in [0.2, 0.25) is 0 Å². The van der Waals surface area contributed by atoms with Crippen LogP contribution in [-0.2, 0) is 13.5 Å². The van der Waals surface area contributed by atoms with Gasteiger partial charge in [-0.15, -0.1) is 0 Å². The molecular weight excluding hydrogens is 363 g/mol. The maximum absolute atomic E-state index is 2.50. The number of benzene rings is 1. The van der Waals surface area contributed by atoms with Crippen molar-refractivity contribution in [2.24, 2.45) is 13.0 Å². The summed E-state index contributed by atoms with van der Waals surface area (Å²) < 4.78 is 4.01. The third-order valence-electron chi connectivity index (χ3n) is 5.00. The van der Waals surface area contributed by atoms with Crippen molar-refractivity contribution >= 4 is 17.7 Å². The van der Waals surface area contributed by atoms with Crippen molar-refractivity contribution in [3.05, 3.63) is 47.2 Å². The van der Waals surface area contributed by atoms with Gasteiger partial charge in [0.15, 0.2) is 0 Å². The van der Waals surface area contributed by atoms with Crippen molar-refractivity contribution in [1.82, 2.24) is 0 Å². The molecule has 25 heavy (non-hydrogen) atoms. The van der Waals surface area contributed by atoms with E-state index in [2.05, 4.69) is 94.0 Å². The summed E-state index contributed by atoms with van der Waals surface area (Å²) in [7, 11) is 2.22. The van der Waals surface area contributed by atoms with Crippen molar-refractivity contribution in [3.8, 4) is 11.3 Å². The molecule has 2 heteroatoms. The summed E-state index contributed by atoms with van der Waals surface area (Å²) in [6, 6.07) is 9.44. The van der Waals surface area contributed by atoms with Crippen LogP contribution in [0.4, 0.5) is 0 Å². The Morgan fingerprint density at radius 1 is 1.00 bits per heavy atom. The van der Waals surface area contributed by atoms with E-state index in [0.717, 1.165) is 0 Å². The van der Waals surface area contributed by atoms with Gasteiger partial charge in [-0.25, -0.2) is 0 Å². The van der Waals surface area contributed by atoms with E-state index in [1.807, 2.05) is 0 Å². The van der Waals surface area contributed by atoms with Crippen molar-refractivity contribution in [3.63, 3.8) is 0 Å². The first-order chi connectivity index (χ1) is 11.5. The van der Waals surface area contributed by atoms with Crippen molar-refractivity contribution in [2.45, 2.75) is 64.2 Å². The molecule has 136 valence electrons. The van der Waals surface area contributed by atoms with Gasteiger partial charge in [-0.2, -0.15) is 0 Å². The molecule has 0 aliphatic rings. The topological polar surface area (TPSA) is 3.88 Å². The summed E-state index contributed by atoms with van der Waals surface area (Å²) in [6.45, 7) is 11.4. The third kappa shape index (κ3) is 4.75. The molecule has 0 unspecified atom stereocenters. The minimum atomic E-state index is -1.90. The van der Waals surface area contributed by atoms with Gasteiger partial charge < -0.3 is 0 Å². The molecule has 0 atom stereocenters. The Labute approximate surface area is 157 Å². The minimum absolute atomic E-state index is 0.559. The standard InChI is InChI=1S/C23H36GeN/c1-16(2)12-20-14-23(25(9)15-22(20)24(6,7)8)21-13-19(17(3)4)11-10-18(21)5/h10-11,13-17H,12H2,1-9H3/q+1. The molecule has 1 nitrogen and oxygen atoms in total. The predicted molar refractivity (Wildman–Crippen MR) is 113 cm³/mol. The van der Waals surface area contributed by atoms with E-state index in [0.29, 0.717) is 11.8 Å². The molecule has 0 radical (unpaired) electrons. The molecule has 0 spiro atoms. The molecule has 0 amide bonds. The van der Waals surface area contributed by atoms with E-state index in [4.69, 9.17) is 0 Å². The molecule has 1 aromatic heterocycles. The number of hydrogen-bond donors (Lipinski definition) is 0. The van der Waals surface area contributed by atoms with Crippen molar-refractivity contribution < 1.29 is 4.57 Å². The van der Waals surface area contributed by atoms with E-state index >= 15 is 0 Å². The van der Waals surface area contributed by atoms with Crippen LogP contribution in [0.1, 0.15) is 50.3 Å². The summed E-state index contributed by atoms with van der Waals surface area (Å²) in [5, 5.41) is 0. The summed E-state index contributed by atoms with van der Waals surface area (Å²) in [5.41, 5.74) is 7.09. The van der Waals surface area contributed by atoms with Crippen LogP contribution in [0, 0.1) is 12.8 Å². The van der Waals surface area contributed by atoms with Crippen LogP contribution in [-0.4, -0.2) is 13.3 Å². The maximum atomic E-state index is 2.50. The van der Waals surface area contributed by atoms with Gasteiger partial charge in [-0.3, -0.25) is 0 Å². The number of rotatable bonds is 5. The van der Waals surface area contributed by atoms with Gasteiger partial charge in [-0.05, 0) is 0 Å². The number of nitrogens with zero attached hydrogens (tertiary/aromatic N) is 1. The Bertz CT molecular complexity index is 751. The van der Waals surface area contributed by atoms with Crippen LogP contribution in [0.25, 0.3) is 11.3 Å². The number of aryl methyl sites for hydroxylation is 2. The van der Waals surface area contributed by atoms with Gasteiger partial charge in [0, 0.05) is 0 Å².